The Hall–Kier alpha value is -0.500. The number of nitrogens with zero attached hydrogens (tertiary/aromatic N) is 2. The van der Waals surface area contributed by atoms with Crippen molar-refractivity contribution in [2.45, 2.75) is 25.7 Å². The van der Waals surface area contributed by atoms with Crippen LogP contribution in [0.2, 0.25) is 0 Å². The molecule has 0 atom stereocenters. The van der Waals surface area contributed by atoms with E-state index in [0.717, 1.165) is 0 Å². The molecule has 2 heterocycles. The van der Waals surface area contributed by atoms with Crippen LogP contribution in [0.1, 0.15) is 25.7 Å². The van der Waals surface area contributed by atoms with Crippen LogP contribution in [-0.4, -0.2) is 29.7 Å². The minimum Gasteiger partial charge on any atom is -0.313 e. The van der Waals surface area contributed by atoms with E-state index in [-0.39, 0.29) is 0 Å². The second-order valence-corrected chi connectivity index (χ2v) is 3.35. The van der Waals surface area contributed by atoms with Crippen molar-refractivity contribution >= 4 is 0 Å². The third-order valence-corrected chi connectivity index (χ3v) is 2.50. The largest absolute Gasteiger partial charge is 0.313 e. The molecule has 1 fully saturated rings. The van der Waals surface area contributed by atoms with Gasteiger partial charge in [-0.05, 0) is 19.3 Å². The highest BCUT2D eigenvalue weighted by Gasteiger charge is 2.16. The van der Waals surface area contributed by atoms with E-state index in [0.29, 0.717) is 0 Å². The first-order chi connectivity index (χ1) is 5.47. The first kappa shape index (κ1) is 7.17. The van der Waals surface area contributed by atoms with Gasteiger partial charge in [0.15, 0.2) is 0 Å². The van der Waals surface area contributed by atoms with E-state index in [9.17, 15) is 0 Å². The molecule has 0 amide bonds. The summed E-state index contributed by atoms with van der Waals surface area (Å²) in [5.74, 6) is 0. The molecule has 0 spiro atoms. The van der Waals surface area contributed by atoms with E-state index in [1.165, 1.54) is 45.3 Å². The Morgan fingerprint density at radius 3 is 2.36 bits per heavy atom. The van der Waals surface area contributed by atoms with Crippen LogP contribution in [0.25, 0.3) is 0 Å². The van der Waals surface area contributed by atoms with Crippen LogP contribution < -0.4 is 0 Å². The summed E-state index contributed by atoms with van der Waals surface area (Å²) < 4.78 is 0. The lowest BCUT2D eigenvalue weighted by atomic mass is 10.2. The summed E-state index contributed by atoms with van der Waals surface area (Å²) >= 11 is 0. The fourth-order valence-corrected chi connectivity index (χ4v) is 1.85. The van der Waals surface area contributed by atoms with Crippen LogP contribution in [-0.2, 0) is 0 Å². The summed E-state index contributed by atoms with van der Waals surface area (Å²) in [7, 11) is 0. The lowest BCUT2D eigenvalue weighted by Crippen LogP contribution is -2.41. The Balaban J connectivity index is 1.87. The van der Waals surface area contributed by atoms with Gasteiger partial charge in [0, 0.05) is 25.8 Å². The molecule has 11 heavy (non-hydrogen) atoms. The molecule has 0 aliphatic carbocycles. The number of hydrogen-bond donors (Lipinski definition) is 0. The smallest absolute Gasteiger partial charge is 0.0375 e. The molecular weight excluding hydrogens is 136 g/mol. The molecular formula is C9H16N2. The number of hydrogen-bond acceptors (Lipinski definition) is 2. The molecule has 0 aromatic rings. The topological polar surface area (TPSA) is 6.48 Å². The normalized spacial score (nSPS) is 26.4. The van der Waals surface area contributed by atoms with Gasteiger partial charge in [-0.2, -0.15) is 0 Å². The molecule has 0 N–H and O–H groups in total. The highest BCUT2D eigenvalue weighted by Crippen LogP contribution is 2.15. The van der Waals surface area contributed by atoms with Crippen molar-refractivity contribution < 1.29 is 0 Å². The molecule has 1 saturated heterocycles. The fraction of sp³-hybridized carbons (Fsp3) is 0.778. The minimum absolute atomic E-state index is 1.21. The summed E-state index contributed by atoms with van der Waals surface area (Å²) in [6, 6.07) is 0. The van der Waals surface area contributed by atoms with Crippen LogP contribution in [0.15, 0.2) is 12.3 Å². The standard InChI is InChI=1S/C9H16N2/c1-2-6-10(7-3-1)11-8-4-5-9-11/h4,8H,1-3,5-7,9H2. The van der Waals surface area contributed by atoms with Crippen molar-refractivity contribution in [2.75, 3.05) is 19.6 Å². The Morgan fingerprint density at radius 2 is 1.73 bits per heavy atom. The van der Waals surface area contributed by atoms with Crippen LogP contribution in [0.4, 0.5) is 0 Å². The van der Waals surface area contributed by atoms with E-state index in [2.05, 4.69) is 22.3 Å². The zero-order valence-corrected chi connectivity index (χ0v) is 7.00. The number of rotatable bonds is 1. The fourth-order valence-electron chi connectivity index (χ4n) is 1.85. The highest BCUT2D eigenvalue weighted by atomic mass is 15.6. The van der Waals surface area contributed by atoms with Crippen molar-refractivity contribution in [1.82, 2.24) is 10.0 Å². The van der Waals surface area contributed by atoms with Crippen LogP contribution in [0, 0.1) is 0 Å². The summed E-state index contributed by atoms with van der Waals surface area (Å²) in [6.45, 7) is 3.74. The second kappa shape index (κ2) is 3.26. The third-order valence-electron chi connectivity index (χ3n) is 2.50. The summed E-state index contributed by atoms with van der Waals surface area (Å²) in [5, 5.41) is 4.85. The Bertz CT molecular complexity index is 148. The third kappa shape index (κ3) is 1.56. The van der Waals surface area contributed by atoms with Crippen LogP contribution in [0.3, 0.4) is 0 Å². The van der Waals surface area contributed by atoms with E-state index >= 15 is 0 Å². The van der Waals surface area contributed by atoms with Gasteiger partial charge in [0.05, 0.1) is 0 Å². The maximum atomic E-state index is 2.48. The minimum atomic E-state index is 1.21. The average Bonchev–Trinajstić information content (AvgIpc) is 2.58. The molecule has 62 valence electrons. The SMILES string of the molecule is C1=CN(N2CCCCC2)CC1. The van der Waals surface area contributed by atoms with Gasteiger partial charge in [0.25, 0.3) is 0 Å². The Morgan fingerprint density at radius 1 is 0.909 bits per heavy atom. The quantitative estimate of drug-likeness (QED) is 0.563. The lowest BCUT2D eigenvalue weighted by molar-refractivity contribution is 0.0124. The number of hydrazine groups is 1. The molecule has 2 rings (SSSR count). The van der Waals surface area contributed by atoms with Crippen molar-refractivity contribution in [3.05, 3.63) is 12.3 Å². The second-order valence-electron chi connectivity index (χ2n) is 3.35. The Kier molecular flexibility index (Phi) is 2.13. The molecule has 0 unspecified atom stereocenters. The van der Waals surface area contributed by atoms with E-state index in [1.807, 2.05) is 0 Å². The summed E-state index contributed by atoms with van der Waals surface area (Å²) in [4.78, 5) is 0. The average molecular weight is 152 g/mol. The first-order valence-corrected chi connectivity index (χ1v) is 4.65. The molecule has 0 aromatic heterocycles. The molecule has 2 aliphatic heterocycles. The van der Waals surface area contributed by atoms with Gasteiger partial charge < -0.3 is 5.01 Å². The van der Waals surface area contributed by atoms with Crippen molar-refractivity contribution in [1.29, 1.82) is 0 Å². The molecule has 0 bridgehead atoms. The lowest BCUT2D eigenvalue weighted by Gasteiger charge is -2.34. The molecule has 2 aliphatic rings. The monoisotopic (exact) mass is 152 g/mol. The van der Waals surface area contributed by atoms with Gasteiger partial charge in [-0.1, -0.05) is 12.5 Å². The van der Waals surface area contributed by atoms with Gasteiger partial charge in [0.2, 0.25) is 0 Å². The maximum Gasteiger partial charge on any atom is 0.0375 e. The molecule has 2 heteroatoms. The molecule has 0 aromatic carbocycles. The van der Waals surface area contributed by atoms with Crippen molar-refractivity contribution in [3.63, 3.8) is 0 Å². The summed E-state index contributed by atoms with van der Waals surface area (Å²) in [5.41, 5.74) is 0. The van der Waals surface area contributed by atoms with E-state index in [4.69, 9.17) is 0 Å². The zero-order valence-electron chi connectivity index (χ0n) is 7.00. The van der Waals surface area contributed by atoms with Gasteiger partial charge >= 0.3 is 0 Å². The first-order valence-electron chi connectivity index (χ1n) is 4.65. The van der Waals surface area contributed by atoms with Gasteiger partial charge in [0.1, 0.15) is 0 Å². The molecule has 0 radical (unpaired) electrons. The summed E-state index contributed by atoms with van der Waals surface area (Å²) in [6.07, 6.45) is 9.90. The van der Waals surface area contributed by atoms with Crippen LogP contribution in [0.5, 0.6) is 0 Å². The maximum absolute atomic E-state index is 2.48. The molecule has 0 saturated carbocycles. The van der Waals surface area contributed by atoms with Crippen molar-refractivity contribution in [2.24, 2.45) is 0 Å². The van der Waals surface area contributed by atoms with Gasteiger partial charge in [-0.15, -0.1) is 0 Å². The van der Waals surface area contributed by atoms with Gasteiger partial charge in [-0.25, -0.2) is 5.01 Å². The van der Waals surface area contributed by atoms with E-state index < -0.39 is 0 Å². The van der Waals surface area contributed by atoms with Gasteiger partial charge in [-0.3, -0.25) is 0 Å². The van der Waals surface area contributed by atoms with Crippen LogP contribution >= 0.6 is 0 Å². The zero-order chi connectivity index (χ0) is 7.52. The Labute approximate surface area is 68.4 Å². The predicted octanol–water partition coefficient (Wildman–Crippen LogP) is 1.61. The predicted molar refractivity (Wildman–Crippen MR) is 45.9 cm³/mol. The van der Waals surface area contributed by atoms with Crippen molar-refractivity contribution in [3.8, 4) is 0 Å². The molecule has 2 nitrogen and oxygen atoms in total. The van der Waals surface area contributed by atoms with E-state index in [1.54, 1.807) is 0 Å². The number of piperidine rings is 1. The highest BCUT2D eigenvalue weighted by molar-refractivity contribution is 4.90.